The van der Waals surface area contributed by atoms with E-state index in [-0.39, 0.29) is 0 Å². The van der Waals surface area contributed by atoms with Crippen LogP contribution in [0.5, 0.6) is 17.2 Å². The van der Waals surface area contributed by atoms with Crippen molar-refractivity contribution in [2.75, 3.05) is 12.8 Å². The average molecular weight is 247 g/mol. The van der Waals surface area contributed by atoms with Crippen LogP contribution in [0.1, 0.15) is 13.3 Å². The third-order valence-electron chi connectivity index (χ3n) is 2.51. The summed E-state index contributed by atoms with van der Waals surface area (Å²) in [5, 5.41) is 4.19. The summed E-state index contributed by atoms with van der Waals surface area (Å²) in [6.45, 7) is 2.98. The molecule has 0 amide bonds. The molecular weight excluding hydrogens is 230 g/mol. The molecule has 0 spiro atoms. The predicted molar refractivity (Wildman–Crippen MR) is 70.0 cm³/mol. The Morgan fingerprint density at radius 2 is 2.17 bits per heavy atom. The van der Waals surface area contributed by atoms with Crippen molar-refractivity contribution in [2.24, 2.45) is 0 Å². The maximum atomic E-state index is 5.88. The maximum Gasteiger partial charge on any atom is 0.165 e. The minimum Gasteiger partial charge on any atom is -0.497 e. The van der Waals surface area contributed by atoms with Gasteiger partial charge in [0.05, 0.1) is 25.2 Å². The number of aryl methyl sites for hydroxylation is 1. The number of anilines is 1. The molecule has 0 aliphatic carbocycles. The zero-order chi connectivity index (χ0) is 13.0. The molecule has 0 fully saturated rings. The van der Waals surface area contributed by atoms with Crippen molar-refractivity contribution in [1.29, 1.82) is 0 Å². The van der Waals surface area contributed by atoms with Crippen LogP contribution >= 0.6 is 0 Å². The molecule has 0 unspecified atom stereocenters. The fourth-order valence-electron chi connectivity index (χ4n) is 1.62. The summed E-state index contributed by atoms with van der Waals surface area (Å²) in [5.74, 6) is 1.99. The van der Waals surface area contributed by atoms with Gasteiger partial charge in [0.2, 0.25) is 0 Å². The Balaban J connectivity index is 2.12. The Labute approximate surface area is 106 Å². The van der Waals surface area contributed by atoms with Crippen molar-refractivity contribution in [3.05, 3.63) is 30.6 Å². The molecule has 0 bridgehead atoms. The third-order valence-corrected chi connectivity index (χ3v) is 2.51. The molecule has 0 aliphatic heterocycles. The predicted octanol–water partition coefficient (Wildman–Crippen LogP) is 2.68. The van der Waals surface area contributed by atoms with Crippen molar-refractivity contribution in [1.82, 2.24) is 9.78 Å². The molecule has 2 aromatic rings. The van der Waals surface area contributed by atoms with Crippen molar-refractivity contribution in [3.8, 4) is 17.2 Å². The van der Waals surface area contributed by atoms with Crippen LogP contribution in [0, 0.1) is 0 Å². The monoisotopic (exact) mass is 247 g/mol. The van der Waals surface area contributed by atoms with Crippen molar-refractivity contribution < 1.29 is 9.47 Å². The standard InChI is InChI=1S/C13H17N3O2/c1-3-6-16-9-11(8-15-16)18-13-5-4-10(17-2)7-12(13)14/h4-5,7-9H,3,6,14H2,1-2H3. The fraction of sp³-hybridized carbons (Fsp3) is 0.308. The van der Waals surface area contributed by atoms with Gasteiger partial charge in [-0.3, -0.25) is 4.68 Å². The minimum atomic E-state index is 0.539. The number of nitrogen functional groups attached to an aromatic ring is 1. The second-order valence-corrected chi connectivity index (χ2v) is 3.94. The highest BCUT2D eigenvalue weighted by molar-refractivity contribution is 5.57. The number of rotatable bonds is 5. The highest BCUT2D eigenvalue weighted by atomic mass is 16.5. The first-order valence-corrected chi connectivity index (χ1v) is 5.86. The Bertz CT molecular complexity index is 523. The summed E-state index contributed by atoms with van der Waals surface area (Å²) in [4.78, 5) is 0. The van der Waals surface area contributed by atoms with E-state index >= 15 is 0 Å². The molecule has 2 N–H and O–H groups in total. The molecule has 1 aromatic heterocycles. The number of nitrogens with two attached hydrogens (primary N) is 1. The largest absolute Gasteiger partial charge is 0.497 e. The van der Waals surface area contributed by atoms with Crippen molar-refractivity contribution >= 4 is 5.69 Å². The van der Waals surface area contributed by atoms with E-state index in [1.807, 2.05) is 16.9 Å². The van der Waals surface area contributed by atoms with Gasteiger partial charge in [-0.2, -0.15) is 5.10 Å². The summed E-state index contributed by atoms with van der Waals surface area (Å²) in [6, 6.07) is 5.32. The first kappa shape index (κ1) is 12.3. The number of aromatic nitrogens is 2. The Hall–Kier alpha value is -2.17. The molecule has 0 saturated heterocycles. The number of hydrogen-bond acceptors (Lipinski definition) is 4. The average Bonchev–Trinajstić information content (AvgIpc) is 2.80. The zero-order valence-electron chi connectivity index (χ0n) is 10.6. The number of hydrogen-bond donors (Lipinski definition) is 1. The van der Waals surface area contributed by atoms with Gasteiger partial charge in [0.15, 0.2) is 11.5 Å². The highest BCUT2D eigenvalue weighted by Gasteiger charge is 2.05. The van der Waals surface area contributed by atoms with Crippen LogP contribution < -0.4 is 15.2 Å². The van der Waals surface area contributed by atoms with Crippen LogP contribution in [0.2, 0.25) is 0 Å². The second kappa shape index (κ2) is 5.44. The summed E-state index contributed by atoms with van der Waals surface area (Å²) < 4.78 is 12.6. The van der Waals surface area contributed by atoms with Crippen LogP contribution in [-0.2, 0) is 6.54 Å². The number of methoxy groups -OCH3 is 1. The van der Waals surface area contributed by atoms with Gasteiger partial charge in [-0.15, -0.1) is 0 Å². The molecule has 2 rings (SSSR count). The highest BCUT2D eigenvalue weighted by Crippen LogP contribution is 2.30. The van der Waals surface area contributed by atoms with Crippen LogP contribution in [0.25, 0.3) is 0 Å². The first-order chi connectivity index (χ1) is 8.72. The maximum absolute atomic E-state index is 5.88. The Morgan fingerprint density at radius 3 is 2.83 bits per heavy atom. The minimum absolute atomic E-state index is 0.539. The summed E-state index contributed by atoms with van der Waals surface area (Å²) in [5.41, 5.74) is 6.42. The van der Waals surface area contributed by atoms with Gasteiger partial charge in [-0.05, 0) is 18.6 Å². The SMILES string of the molecule is CCCn1cc(Oc2ccc(OC)cc2N)cn1. The van der Waals surface area contributed by atoms with Gasteiger partial charge in [0.25, 0.3) is 0 Å². The molecule has 1 heterocycles. The van der Waals surface area contributed by atoms with Crippen molar-refractivity contribution in [2.45, 2.75) is 19.9 Å². The molecular formula is C13H17N3O2. The quantitative estimate of drug-likeness (QED) is 0.825. The fourth-order valence-corrected chi connectivity index (χ4v) is 1.62. The smallest absolute Gasteiger partial charge is 0.165 e. The molecule has 0 aliphatic rings. The molecule has 1 aromatic carbocycles. The van der Waals surface area contributed by atoms with E-state index < -0.39 is 0 Å². The number of ether oxygens (including phenoxy) is 2. The van der Waals surface area contributed by atoms with E-state index in [1.54, 1.807) is 25.4 Å². The van der Waals surface area contributed by atoms with E-state index in [1.165, 1.54) is 0 Å². The molecule has 18 heavy (non-hydrogen) atoms. The van der Waals surface area contributed by atoms with E-state index in [4.69, 9.17) is 15.2 Å². The Morgan fingerprint density at radius 1 is 1.33 bits per heavy atom. The molecule has 5 nitrogen and oxygen atoms in total. The number of benzene rings is 1. The van der Waals surface area contributed by atoms with Gasteiger partial charge < -0.3 is 15.2 Å². The van der Waals surface area contributed by atoms with Gasteiger partial charge in [-0.25, -0.2) is 0 Å². The lowest BCUT2D eigenvalue weighted by Crippen LogP contribution is -1.95. The van der Waals surface area contributed by atoms with Crippen LogP contribution in [0.15, 0.2) is 30.6 Å². The van der Waals surface area contributed by atoms with Crippen LogP contribution in [-0.4, -0.2) is 16.9 Å². The van der Waals surface area contributed by atoms with Crippen LogP contribution in [0.4, 0.5) is 5.69 Å². The van der Waals surface area contributed by atoms with Gasteiger partial charge >= 0.3 is 0 Å². The lowest BCUT2D eigenvalue weighted by Gasteiger charge is -2.07. The second-order valence-electron chi connectivity index (χ2n) is 3.94. The summed E-state index contributed by atoms with van der Waals surface area (Å²) in [6.07, 6.45) is 4.57. The molecule has 96 valence electrons. The van der Waals surface area contributed by atoms with Gasteiger partial charge in [0, 0.05) is 12.6 Å². The summed E-state index contributed by atoms with van der Waals surface area (Å²) in [7, 11) is 1.60. The molecule has 0 saturated carbocycles. The van der Waals surface area contributed by atoms with Gasteiger partial charge in [-0.1, -0.05) is 6.92 Å². The van der Waals surface area contributed by atoms with E-state index in [0.29, 0.717) is 22.9 Å². The molecule has 5 heteroatoms. The zero-order valence-corrected chi connectivity index (χ0v) is 10.6. The third kappa shape index (κ3) is 2.74. The lowest BCUT2D eigenvalue weighted by molar-refractivity contribution is 0.413. The number of nitrogens with zero attached hydrogens (tertiary/aromatic N) is 2. The van der Waals surface area contributed by atoms with Crippen molar-refractivity contribution in [3.63, 3.8) is 0 Å². The lowest BCUT2D eigenvalue weighted by atomic mass is 10.3. The normalized spacial score (nSPS) is 10.3. The molecule has 0 radical (unpaired) electrons. The van der Waals surface area contributed by atoms with E-state index in [9.17, 15) is 0 Å². The van der Waals surface area contributed by atoms with Crippen LogP contribution in [0.3, 0.4) is 0 Å². The van der Waals surface area contributed by atoms with E-state index in [2.05, 4.69) is 12.0 Å². The van der Waals surface area contributed by atoms with E-state index in [0.717, 1.165) is 13.0 Å². The first-order valence-electron chi connectivity index (χ1n) is 5.86. The summed E-state index contributed by atoms with van der Waals surface area (Å²) >= 11 is 0. The topological polar surface area (TPSA) is 62.3 Å². The van der Waals surface area contributed by atoms with Gasteiger partial charge in [0.1, 0.15) is 5.75 Å². The Kier molecular flexibility index (Phi) is 3.72. The molecule has 0 atom stereocenters.